The lowest BCUT2D eigenvalue weighted by atomic mass is 9.60. The standard InChI is InChI=1S/C26H33N3O6/c30-20-13-19(27-28-26(34)35-14-15-7-3-1-4-8-15)17-11-12-18-22(21(17)23(20)31)25(33)29(24(18)32)16-9-5-2-6-10-16/h1,3-4,7-8,16-18,20-23,30-31H,2,5-6,9-14H2,(H,28,34)/b27-19+/t17-,18-,20-,21+,22-,23-/m1/s1. The molecule has 3 saturated carbocycles. The van der Waals surface area contributed by atoms with Crippen LogP contribution >= 0.6 is 0 Å². The number of aliphatic hydroxyl groups is 2. The molecule has 1 aliphatic heterocycles. The number of imide groups is 1. The molecule has 0 spiro atoms. The van der Waals surface area contributed by atoms with Gasteiger partial charge in [-0.05, 0) is 31.2 Å². The molecule has 35 heavy (non-hydrogen) atoms. The van der Waals surface area contributed by atoms with E-state index in [-0.39, 0.29) is 36.8 Å². The molecule has 9 heteroatoms. The summed E-state index contributed by atoms with van der Waals surface area (Å²) in [5.41, 5.74) is 3.77. The summed E-state index contributed by atoms with van der Waals surface area (Å²) in [4.78, 5) is 40.5. The van der Waals surface area contributed by atoms with E-state index in [2.05, 4.69) is 10.5 Å². The maximum Gasteiger partial charge on any atom is 0.428 e. The van der Waals surface area contributed by atoms with Gasteiger partial charge in [-0.1, -0.05) is 49.6 Å². The SMILES string of the molecule is O=C(N/N=C1\C[C@@H](O)[C@@H](O)[C@@H]2[C@@H]3C(=O)N(C4CCCCC4)C(=O)[C@@H]3CC[C@H]12)OCc1ccccc1. The Hall–Kier alpha value is -2.78. The molecule has 6 atom stereocenters. The normalized spacial score (nSPS) is 34.5. The Morgan fingerprint density at radius 1 is 1.00 bits per heavy atom. The summed E-state index contributed by atoms with van der Waals surface area (Å²) in [6, 6.07) is 9.21. The lowest BCUT2D eigenvalue weighted by Gasteiger charge is -2.45. The second kappa shape index (κ2) is 10.1. The van der Waals surface area contributed by atoms with E-state index in [1.54, 1.807) is 0 Å². The minimum atomic E-state index is -1.13. The molecule has 188 valence electrons. The van der Waals surface area contributed by atoms with Gasteiger partial charge in [0.1, 0.15) is 6.61 Å². The Morgan fingerprint density at radius 3 is 2.46 bits per heavy atom. The highest BCUT2D eigenvalue weighted by Gasteiger charge is 2.60. The van der Waals surface area contributed by atoms with Crippen LogP contribution in [0.4, 0.5) is 4.79 Å². The summed E-state index contributed by atoms with van der Waals surface area (Å²) in [6.07, 6.45) is 3.01. The van der Waals surface area contributed by atoms with Gasteiger partial charge in [0.15, 0.2) is 0 Å². The number of carbonyl (C=O) groups excluding carboxylic acids is 3. The van der Waals surface area contributed by atoms with Crippen LogP contribution < -0.4 is 5.43 Å². The van der Waals surface area contributed by atoms with Gasteiger partial charge in [0.2, 0.25) is 11.8 Å². The topological polar surface area (TPSA) is 129 Å². The molecular formula is C26H33N3O6. The van der Waals surface area contributed by atoms with Gasteiger partial charge in [-0.2, -0.15) is 5.10 Å². The Morgan fingerprint density at radius 2 is 1.71 bits per heavy atom. The predicted octanol–water partition coefficient (Wildman–Crippen LogP) is 2.35. The van der Waals surface area contributed by atoms with Gasteiger partial charge in [0, 0.05) is 30.0 Å². The van der Waals surface area contributed by atoms with E-state index in [1.165, 1.54) is 4.90 Å². The van der Waals surface area contributed by atoms with E-state index in [9.17, 15) is 24.6 Å². The van der Waals surface area contributed by atoms with Crippen molar-refractivity contribution in [2.24, 2.45) is 28.8 Å². The maximum absolute atomic E-state index is 13.5. The largest absolute Gasteiger partial charge is 0.443 e. The average molecular weight is 484 g/mol. The fraction of sp³-hybridized carbons (Fsp3) is 0.615. The molecule has 0 radical (unpaired) electrons. The number of hydrogen-bond acceptors (Lipinski definition) is 7. The van der Waals surface area contributed by atoms with Crippen LogP contribution in [-0.2, 0) is 20.9 Å². The van der Waals surface area contributed by atoms with Crippen LogP contribution in [0.5, 0.6) is 0 Å². The first-order valence-electron chi connectivity index (χ1n) is 12.7. The molecule has 1 heterocycles. The van der Waals surface area contributed by atoms with E-state index >= 15 is 0 Å². The third kappa shape index (κ3) is 4.59. The zero-order chi connectivity index (χ0) is 24.5. The molecule has 3 N–H and O–H groups in total. The van der Waals surface area contributed by atoms with Crippen LogP contribution in [0.3, 0.4) is 0 Å². The number of amides is 3. The highest BCUT2D eigenvalue weighted by Crippen LogP contribution is 2.50. The van der Waals surface area contributed by atoms with E-state index in [0.717, 1.165) is 37.7 Å². The molecule has 0 bridgehead atoms. The van der Waals surface area contributed by atoms with Crippen LogP contribution in [0, 0.1) is 23.7 Å². The number of nitrogens with one attached hydrogen (secondary N) is 1. The number of rotatable bonds is 4. The molecule has 9 nitrogen and oxygen atoms in total. The summed E-state index contributed by atoms with van der Waals surface area (Å²) in [7, 11) is 0. The average Bonchev–Trinajstić information content (AvgIpc) is 3.14. The van der Waals surface area contributed by atoms with Gasteiger partial charge in [-0.25, -0.2) is 10.2 Å². The molecule has 1 aromatic carbocycles. The van der Waals surface area contributed by atoms with Gasteiger partial charge < -0.3 is 14.9 Å². The highest BCUT2D eigenvalue weighted by molar-refractivity contribution is 6.06. The summed E-state index contributed by atoms with van der Waals surface area (Å²) >= 11 is 0. The van der Waals surface area contributed by atoms with Crippen LogP contribution in [0.25, 0.3) is 0 Å². The molecule has 3 amide bonds. The smallest absolute Gasteiger partial charge is 0.428 e. The monoisotopic (exact) mass is 483 g/mol. The number of ether oxygens (including phenoxy) is 1. The third-order valence-corrected chi connectivity index (χ3v) is 8.26. The zero-order valence-corrected chi connectivity index (χ0v) is 19.7. The molecule has 3 aliphatic carbocycles. The van der Waals surface area contributed by atoms with E-state index in [1.807, 2.05) is 30.3 Å². The second-order valence-electron chi connectivity index (χ2n) is 10.3. The summed E-state index contributed by atoms with van der Waals surface area (Å²) in [5.74, 6) is -2.38. The van der Waals surface area contributed by atoms with Crippen LogP contribution in [0.2, 0.25) is 0 Å². The van der Waals surface area contributed by atoms with E-state index < -0.39 is 36.1 Å². The number of hydrogen-bond donors (Lipinski definition) is 3. The van der Waals surface area contributed by atoms with Crippen molar-refractivity contribution >= 4 is 23.6 Å². The summed E-state index contributed by atoms with van der Waals surface area (Å²) in [5, 5.41) is 25.8. The van der Waals surface area contributed by atoms with Crippen molar-refractivity contribution in [1.82, 2.24) is 10.3 Å². The Balaban J connectivity index is 1.30. The number of hydrazone groups is 1. The van der Waals surface area contributed by atoms with Crippen molar-refractivity contribution in [3.63, 3.8) is 0 Å². The minimum absolute atomic E-state index is 0.0624. The van der Waals surface area contributed by atoms with Crippen molar-refractivity contribution in [2.75, 3.05) is 0 Å². The zero-order valence-electron chi connectivity index (χ0n) is 19.7. The second-order valence-corrected chi connectivity index (χ2v) is 10.3. The first-order chi connectivity index (χ1) is 17.0. The van der Waals surface area contributed by atoms with Gasteiger partial charge in [0.25, 0.3) is 0 Å². The quantitative estimate of drug-likeness (QED) is 0.446. The molecule has 5 rings (SSSR count). The lowest BCUT2D eigenvalue weighted by molar-refractivity contribution is -0.145. The lowest BCUT2D eigenvalue weighted by Crippen LogP contribution is -2.55. The van der Waals surface area contributed by atoms with Gasteiger partial charge in [-0.15, -0.1) is 0 Å². The summed E-state index contributed by atoms with van der Waals surface area (Å²) in [6.45, 7) is 0.0995. The Kier molecular flexibility index (Phi) is 6.88. The molecule has 0 aromatic heterocycles. The fourth-order valence-corrected chi connectivity index (χ4v) is 6.59. The van der Waals surface area contributed by atoms with Crippen molar-refractivity contribution in [2.45, 2.75) is 76.2 Å². The molecule has 4 fully saturated rings. The van der Waals surface area contributed by atoms with Gasteiger partial charge >= 0.3 is 6.09 Å². The minimum Gasteiger partial charge on any atom is -0.443 e. The number of carbonyl (C=O) groups is 3. The van der Waals surface area contributed by atoms with Crippen molar-refractivity contribution in [3.8, 4) is 0 Å². The van der Waals surface area contributed by atoms with Crippen molar-refractivity contribution in [1.29, 1.82) is 0 Å². The Labute approximate surface area is 204 Å². The molecule has 0 unspecified atom stereocenters. The van der Waals surface area contributed by atoms with Crippen LogP contribution in [-0.4, -0.2) is 57.0 Å². The van der Waals surface area contributed by atoms with E-state index in [4.69, 9.17) is 4.74 Å². The number of likely N-dealkylation sites (tertiary alicyclic amines) is 1. The van der Waals surface area contributed by atoms with Gasteiger partial charge in [-0.3, -0.25) is 14.5 Å². The number of fused-ring (bicyclic) bond motifs is 3. The van der Waals surface area contributed by atoms with Crippen LogP contribution in [0.15, 0.2) is 35.4 Å². The third-order valence-electron chi connectivity index (χ3n) is 8.26. The highest BCUT2D eigenvalue weighted by atomic mass is 16.6. The Bertz CT molecular complexity index is 992. The predicted molar refractivity (Wildman–Crippen MR) is 126 cm³/mol. The molecule has 1 aromatic rings. The number of nitrogens with zero attached hydrogens (tertiary/aromatic N) is 2. The first-order valence-corrected chi connectivity index (χ1v) is 12.7. The number of benzene rings is 1. The number of aliphatic hydroxyl groups excluding tert-OH is 2. The van der Waals surface area contributed by atoms with Gasteiger partial charge in [0.05, 0.1) is 24.0 Å². The first kappa shape index (κ1) is 23.9. The molecule has 1 saturated heterocycles. The summed E-state index contributed by atoms with van der Waals surface area (Å²) < 4.78 is 5.21. The molecule has 4 aliphatic rings. The van der Waals surface area contributed by atoms with Crippen molar-refractivity contribution < 1.29 is 29.3 Å². The fourth-order valence-electron chi connectivity index (χ4n) is 6.59. The van der Waals surface area contributed by atoms with Crippen molar-refractivity contribution in [3.05, 3.63) is 35.9 Å². The molecular weight excluding hydrogens is 450 g/mol. The maximum atomic E-state index is 13.5. The van der Waals surface area contributed by atoms with Crippen LogP contribution in [0.1, 0.15) is 56.9 Å². The van der Waals surface area contributed by atoms with E-state index in [0.29, 0.717) is 18.6 Å².